The fourth-order valence-corrected chi connectivity index (χ4v) is 1.81. The van der Waals surface area contributed by atoms with Gasteiger partial charge in [-0.05, 0) is 26.0 Å². The molecule has 0 saturated carbocycles. The molecule has 2 aromatic rings. The molecular formula is C13H20N4O. The van der Waals surface area contributed by atoms with Gasteiger partial charge in [-0.15, -0.1) is 0 Å². The number of nitrogens with zero attached hydrogens (tertiary/aromatic N) is 3. The van der Waals surface area contributed by atoms with E-state index in [0.717, 1.165) is 17.8 Å². The number of ether oxygens (including phenoxy) is 1. The van der Waals surface area contributed by atoms with E-state index in [1.165, 1.54) is 0 Å². The third kappa shape index (κ3) is 2.61. The van der Waals surface area contributed by atoms with Gasteiger partial charge in [0, 0.05) is 18.9 Å². The fraction of sp³-hybridized carbons (Fsp3) is 0.538. The van der Waals surface area contributed by atoms with Crippen LogP contribution in [0.3, 0.4) is 0 Å². The summed E-state index contributed by atoms with van der Waals surface area (Å²) in [7, 11) is 1.91. The van der Waals surface area contributed by atoms with Crippen molar-refractivity contribution in [2.24, 2.45) is 0 Å². The Hall–Kier alpha value is -1.62. The van der Waals surface area contributed by atoms with Crippen LogP contribution in [0.15, 0.2) is 18.5 Å². The predicted octanol–water partition coefficient (Wildman–Crippen LogP) is 1.84. The summed E-state index contributed by atoms with van der Waals surface area (Å²) < 4.78 is 7.65. The number of nitrogens with one attached hydrogen (secondary N) is 1. The number of likely N-dealkylation sites (N-methyl/N-ethyl adjacent to an activating group) is 1. The highest BCUT2D eigenvalue weighted by molar-refractivity contribution is 5.56. The van der Waals surface area contributed by atoms with Crippen LogP contribution in [0.5, 0.6) is 5.88 Å². The summed E-state index contributed by atoms with van der Waals surface area (Å²) >= 11 is 0. The fourth-order valence-electron chi connectivity index (χ4n) is 1.81. The van der Waals surface area contributed by atoms with Gasteiger partial charge in [-0.2, -0.15) is 5.10 Å². The Balaban J connectivity index is 2.32. The molecule has 1 N–H and O–H groups in total. The molecule has 0 aliphatic heterocycles. The van der Waals surface area contributed by atoms with Crippen molar-refractivity contribution >= 4 is 5.52 Å². The summed E-state index contributed by atoms with van der Waals surface area (Å²) in [6, 6.07) is 2.04. The van der Waals surface area contributed by atoms with Crippen LogP contribution >= 0.6 is 0 Å². The minimum absolute atomic E-state index is 0.0751. The molecule has 5 heteroatoms. The van der Waals surface area contributed by atoms with Crippen LogP contribution in [0, 0.1) is 0 Å². The molecule has 1 unspecified atom stereocenters. The molecule has 0 aromatic carbocycles. The van der Waals surface area contributed by atoms with E-state index in [2.05, 4.69) is 29.2 Å². The van der Waals surface area contributed by atoms with E-state index in [1.807, 2.05) is 30.8 Å². The summed E-state index contributed by atoms with van der Waals surface area (Å²) in [5.41, 5.74) is 1.97. The van der Waals surface area contributed by atoms with Gasteiger partial charge < -0.3 is 10.1 Å². The first-order chi connectivity index (χ1) is 8.61. The molecule has 0 aliphatic carbocycles. The molecule has 0 radical (unpaired) electrons. The standard InChI is InChI=1S/C13H20N4O/c1-9(2)11-7-12-13(18-10(3)8-14-4)15-5-6-17(12)16-11/h5-7,9-10,14H,8H2,1-4H3. The summed E-state index contributed by atoms with van der Waals surface area (Å²) in [5, 5.41) is 7.59. The first-order valence-corrected chi connectivity index (χ1v) is 6.27. The lowest BCUT2D eigenvalue weighted by Crippen LogP contribution is -2.26. The largest absolute Gasteiger partial charge is 0.472 e. The third-order valence-electron chi connectivity index (χ3n) is 2.77. The van der Waals surface area contributed by atoms with Crippen LogP contribution < -0.4 is 10.1 Å². The first kappa shape index (κ1) is 12.8. The van der Waals surface area contributed by atoms with Crippen LogP contribution in [-0.2, 0) is 0 Å². The lowest BCUT2D eigenvalue weighted by Gasteiger charge is -2.13. The summed E-state index contributed by atoms with van der Waals surface area (Å²) in [4.78, 5) is 4.29. The third-order valence-corrected chi connectivity index (χ3v) is 2.77. The van der Waals surface area contributed by atoms with Crippen LogP contribution in [0.25, 0.3) is 5.52 Å². The molecule has 18 heavy (non-hydrogen) atoms. The molecule has 2 rings (SSSR count). The molecule has 0 amide bonds. The topological polar surface area (TPSA) is 51.5 Å². The van der Waals surface area contributed by atoms with E-state index in [-0.39, 0.29) is 6.10 Å². The zero-order valence-corrected chi connectivity index (χ0v) is 11.3. The molecule has 2 aromatic heterocycles. The Kier molecular flexibility index (Phi) is 3.81. The highest BCUT2D eigenvalue weighted by Crippen LogP contribution is 2.21. The minimum Gasteiger partial charge on any atom is -0.472 e. The van der Waals surface area contributed by atoms with Gasteiger partial charge in [-0.25, -0.2) is 9.50 Å². The normalized spacial score (nSPS) is 13.2. The van der Waals surface area contributed by atoms with E-state index in [4.69, 9.17) is 4.74 Å². The van der Waals surface area contributed by atoms with Gasteiger partial charge in [-0.3, -0.25) is 0 Å². The number of fused-ring (bicyclic) bond motifs is 1. The van der Waals surface area contributed by atoms with Crippen molar-refractivity contribution in [3.8, 4) is 5.88 Å². The molecule has 98 valence electrons. The second kappa shape index (κ2) is 5.35. The second-order valence-corrected chi connectivity index (χ2v) is 4.77. The molecule has 1 atom stereocenters. The van der Waals surface area contributed by atoms with E-state index in [1.54, 1.807) is 6.20 Å². The maximum Gasteiger partial charge on any atom is 0.240 e. The molecule has 5 nitrogen and oxygen atoms in total. The molecule has 0 saturated heterocycles. The zero-order chi connectivity index (χ0) is 13.1. The van der Waals surface area contributed by atoms with Crippen LogP contribution in [0.4, 0.5) is 0 Å². The van der Waals surface area contributed by atoms with Gasteiger partial charge in [0.25, 0.3) is 0 Å². The van der Waals surface area contributed by atoms with Gasteiger partial charge in [0.15, 0.2) is 0 Å². The van der Waals surface area contributed by atoms with Gasteiger partial charge in [0.2, 0.25) is 5.88 Å². The quantitative estimate of drug-likeness (QED) is 0.877. The van der Waals surface area contributed by atoms with E-state index >= 15 is 0 Å². The number of hydrogen-bond acceptors (Lipinski definition) is 4. The Morgan fingerprint density at radius 1 is 1.39 bits per heavy atom. The van der Waals surface area contributed by atoms with Gasteiger partial charge in [0.05, 0.1) is 5.69 Å². The van der Waals surface area contributed by atoms with E-state index < -0.39 is 0 Å². The average Bonchev–Trinajstić information content (AvgIpc) is 2.74. The van der Waals surface area contributed by atoms with Crippen LogP contribution in [-0.4, -0.2) is 34.3 Å². The summed E-state index contributed by atoms with van der Waals surface area (Å²) in [6.07, 6.45) is 3.63. The van der Waals surface area contributed by atoms with Gasteiger partial charge in [-0.1, -0.05) is 13.8 Å². The van der Waals surface area contributed by atoms with Crippen molar-refractivity contribution < 1.29 is 4.74 Å². The van der Waals surface area contributed by atoms with Crippen molar-refractivity contribution in [2.75, 3.05) is 13.6 Å². The number of hydrogen-bond donors (Lipinski definition) is 1. The smallest absolute Gasteiger partial charge is 0.240 e. The molecule has 0 bridgehead atoms. The average molecular weight is 248 g/mol. The Morgan fingerprint density at radius 2 is 2.17 bits per heavy atom. The number of rotatable bonds is 5. The van der Waals surface area contributed by atoms with E-state index in [0.29, 0.717) is 11.8 Å². The first-order valence-electron chi connectivity index (χ1n) is 6.27. The zero-order valence-electron chi connectivity index (χ0n) is 11.3. The molecule has 0 fully saturated rings. The molecule has 2 heterocycles. The Labute approximate surface area is 107 Å². The van der Waals surface area contributed by atoms with E-state index in [9.17, 15) is 0 Å². The monoisotopic (exact) mass is 248 g/mol. The Bertz CT molecular complexity index is 521. The Morgan fingerprint density at radius 3 is 2.83 bits per heavy atom. The predicted molar refractivity (Wildman–Crippen MR) is 71.1 cm³/mol. The molecule has 0 spiro atoms. The number of aromatic nitrogens is 3. The van der Waals surface area contributed by atoms with Crippen LogP contribution in [0.2, 0.25) is 0 Å². The maximum atomic E-state index is 5.83. The van der Waals surface area contributed by atoms with Crippen molar-refractivity contribution in [1.29, 1.82) is 0 Å². The lowest BCUT2D eigenvalue weighted by atomic mass is 10.1. The molecule has 0 aliphatic rings. The van der Waals surface area contributed by atoms with Crippen LogP contribution in [0.1, 0.15) is 32.4 Å². The second-order valence-electron chi connectivity index (χ2n) is 4.77. The highest BCUT2D eigenvalue weighted by Gasteiger charge is 2.12. The van der Waals surface area contributed by atoms with Crippen molar-refractivity contribution in [3.63, 3.8) is 0 Å². The van der Waals surface area contributed by atoms with Crippen molar-refractivity contribution in [1.82, 2.24) is 19.9 Å². The summed E-state index contributed by atoms with van der Waals surface area (Å²) in [6.45, 7) is 7.05. The SMILES string of the molecule is CNCC(C)Oc1nccn2nc(C(C)C)cc12. The lowest BCUT2D eigenvalue weighted by molar-refractivity contribution is 0.214. The highest BCUT2D eigenvalue weighted by atomic mass is 16.5. The van der Waals surface area contributed by atoms with Gasteiger partial charge in [0.1, 0.15) is 11.6 Å². The van der Waals surface area contributed by atoms with Crippen molar-refractivity contribution in [3.05, 3.63) is 24.2 Å². The van der Waals surface area contributed by atoms with Crippen molar-refractivity contribution in [2.45, 2.75) is 32.8 Å². The maximum absolute atomic E-state index is 5.83. The summed E-state index contributed by atoms with van der Waals surface area (Å²) in [5.74, 6) is 1.03. The van der Waals surface area contributed by atoms with Gasteiger partial charge >= 0.3 is 0 Å². The minimum atomic E-state index is 0.0751. The molecular weight excluding hydrogens is 228 g/mol.